The molecule has 2 aromatic carbocycles. The van der Waals surface area contributed by atoms with Crippen molar-refractivity contribution in [3.8, 4) is 23.7 Å². The molecule has 0 bridgehead atoms. The molecule has 3 fully saturated rings. The van der Waals surface area contributed by atoms with Crippen LogP contribution in [0.5, 0.6) is 5.75 Å². The molecule has 6 rings (SSSR count). The third-order valence-electron chi connectivity index (χ3n) is 9.59. The van der Waals surface area contributed by atoms with Crippen LogP contribution in [0.2, 0.25) is 0 Å². The number of hydrogen-bond acceptors (Lipinski definition) is 9. The molecule has 3 aliphatic rings. The number of nitrogens with one attached hydrogen (secondary N) is 2. The molecule has 14 heteroatoms. The van der Waals surface area contributed by atoms with Crippen LogP contribution in [-0.2, 0) is 21.2 Å². The monoisotopic (exact) mass is 701 g/mol. The van der Waals surface area contributed by atoms with Crippen molar-refractivity contribution < 1.29 is 31.1 Å². The molecule has 0 radical (unpaired) electrons. The highest BCUT2D eigenvalue weighted by molar-refractivity contribution is 7.89. The average molecular weight is 702 g/mol. The number of piperidine rings is 1. The zero-order valence-corrected chi connectivity index (χ0v) is 28.0. The number of fused-ring (bicyclic) bond motifs is 1. The van der Waals surface area contributed by atoms with E-state index in [1.54, 1.807) is 12.1 Å². The fourth-order valence-corrected chi connectivity index (χ4v) is 8.63. The predicted octanol–water partition coefficient (Wildman–Crippen LogP) is 5.85. The Morgan fingerprint density at radius 3 is 2.50 bits per heavy atom. The SMILES string of the molecule is N#CCOc1cc(S(N)(=O)=O)ccc1NCC#Cc1sc2c(NC3CCC(N4CCC5(CC4)COC5)CC3)cccc2c1CC(F)(F)F. The highest BCUT2D eigenvalue weighted by atomic mass is 32.2. The van der Waals surface area contributed by atoms with E-state index in [0.717, 1.165) is 62.4 Å². The Morgan fingerprint density at radius 2 is 1.85 bits per heavy atom. The lowest BCUT2D eigenvalue weighted by Crippen LogP contribution is -2.53. The summed E-state index contributed by atoms with van der Waals surface area (Å²) in [5.74, 6) is 5.92. The summed E-state index contributed by atoms with van der Waals surface area (Å²) in [4.78, 5) is 2.79. The first-order chi connectivity index (χ1) is 22.9. The Bertz CT molecular complexity index is 1840. The van der Waals surface area contributed by atoms with E-state index >= 15 is 0 Å². The Labute approximate surface area is 282 Å². The number of nitriles is 1. The van der Waals surface area contributed by atoms with Crippen LogP contribution in [0.3, 0.4) is 0 Å². The van der Waals surface area contributed by atoms with Gasteiger partial charge in [0.1, 0.15) is 11.8 Å². The number of nitrogens with two attached hydrogens (primary N) is 1. The van der Waals surface area contributed by atoms with Crippen molar-refractivity contribution in [1.29, 1.82) is 5.26 Å². The number of alkyl halides is 3. The second-order valence-electron chi connectivity index (χ2n) is 12.9. The molecule has 1 aromatic heterocycles. The molecule has 0 amide bonds. The molecule has 1 aliphatic carbocycles. The average Bonchev–Trinajstić information content (AvgIpc) is 3.38. The van der Waals surface area contributed by atoms with E-state index in [4.69, 9.17) is 19.9 Å². The van der Waals surface area contributed by atoms with Gasteiger partial charge in [0.05, 0.1) is 52.0 Å². The van der Waals surface area contributed by atoms with Crippen LogP contribution >= 0.6 is 11.3 Å². The van der Waals surface area contributed by atoms with Crippen LogP contribution in [-0.4, -0.2) is 71.0 Å². The number of ether oxygens (including phenoxy) is 2. The third-order valence-corrected chi connectivity index (χ3v) is 11.7. The highest BCUT2D eigenvalue weighted by Gasteiger charge is 2.42. The molecule has 9 nitrogen and oxygen atoms in total. The normalized spacial score (nSPS) is 21.1. The van der Waals surface area contributed by atoms with E-state index in [2.05, 4.69) is 27.4 Å². The van der Waals surface area contributed by atoms with Crippen molar-refractivity contribution in [2.75, 3.05) is 50.1 Å². The molecule has 4 N–H and O–H groups in total. The summed E-state index contributed by atoms with van der Waals surface area (Å²) in [5, 5.41) is 21.3. The van der Waals surface area contributed by atoms with Crippen LogP contribution < -0.4 is 20.5 Å². The fraction of sp³-hybridized carbons (Fsp3) is 0.500. The Morgan fingerprint density at radius 1 is 1.10 bits per heavy atom. The smallest absolute Gasteiger partial charge is 0.393 e. The zero-order chi connectivity index (χ0) is 33.9. The molecule has 0 unspecified atom stereocenters. The van der Waals surface area contributed by atoms with Gasteiger partial charge in [-0.05, 0) is 80.8 Å². The number of primary sulfonamides is 1. The molecule has 3 heterocycles. The Balaban J connectivity index is 1.15. The first-order valence-corrected chi connectivity index (χ1v) is 18.4. The van der Waals surface area contributed by atoms with Crippen molar-refractivity contribution in [2.45, 2.75) is 68.1 Å². The van der Waals surface area contributed by atoms with Crippen molar-refractivity contribution in [1.82, 2.24) is 4.90 Å². The minimum atomic E-state index is -4.41. The number of sulfonamides is 1. The van der Waals surface area contributed by atoms with Gasteiger partial charge in [-0.1, -0.05) is 24.0 Å². The van der Waals surface area contributed by atoms with E-state index in [-0.39, 0.29) is 35.4 Å². The van der Waals surface area contributed by atoms with Gasteiger partial charge >= 0.3 is 6.18 Å². The maximum atomic E-state index is 13.8. The first-order valence-electron chi connectivity index (χ1n) is 16.0. The standard InChI is InChI=1S/C34H38F3N5O4S2/c35-34(36,37)20-27-26-3-1-4-29(41-23-6-8-24(9-7-23)42-16-12-33(13-17-42)21-45-22-33)32(26)47-31(27)5-2-15-40-28-11-10-25(48(39,43)44)19-30(28)46-18-14-38/h1,3-4,10-11,19,23-24,40-41H,6-9,12-13,15-18,20-22H2,(H2,39,43,44). The summed E-state index contributed by atoms with van der Waals surface area (Å²) >= 11 is 1.25. The van der Waals surface area contributed by atoms with E-state index in [0.29, 0.717) is 27.4 Å². The van der Waals surface area contributed by atoms with Gasteiger partial charge in [0, 0.05) is 23.6 Å². The van der Waals surface area contributed by atoms with Gasteiger partial charge in [0.25, 0.3) is 0 Å². The number of nitrogens with zero attached hydrogens (tertiary/aromatic N) is 2. The molecule has 256 valence electrons. The molecule has 1 saturated carbocycles. The van der Waals surface area contributed by atoms with Crippen LogP contribution in [0, 0.1) is 28.6 Å². The Kier molecular flexibility index (Phi) is 10.1. The molecule has 0 atom stereocenters. The molecule has 2 aliphatic heterocycles. The number of anilines is 2. The quantitative estimate of drug-likeness (QED) is 0.237. The number of hydrogen-bond donors (Lipinski definition) is 3. The maximum Gasteiger partial charge on any atom is 0.393 e. The van der Waals surface area contributed by atoms with E-state index in [1.165, 1.54) is 42.4 Å². The van der Waals surface area contributed by atoms with E-state index in [9.17, 15) is 21.6 Å². The Hall–Kier alpha value is -3.53. The van der Waals surface area contributed by atoms with Crippen LogP contribution in [0.4, 0.5) is 24.5 Å². The van der Waals surface area contributed by atoms with Gasteiger partial charge in [-0.2, -0.15) is 18.4 Å². The van der Waals surface area contributed by atoms with Crippen LogP contribution in [0.15, 0.2) is 41.3 Å². The topological polar surface area (TPSA) is 130 Å². The minimum absolute atomic E-state index is 0.0253. The summed E-state index contributed by atoms with van der Waals surface area (Å²) in [6.07, 6.45) is 1.10. The van der Waals surface area contributed by atoms with Gasteiger partial charge in [-0.3, -0.25) is 0 Å². The molecule has 3 aromatic rings. The first kappa shape index (κ1) is 34.3. The van der Waals surface area contributed by atoms with Crippen LogP contribution in [0.25, 0.3) is 10.1 Å². The molecule has 48 heavy (non-hydrogen) atoms. The summed E-state index contributed by atoms with van der Waals surface area (Å²) in [7, 11) is -4.00. The lowest BCUT2D eigenvalue weighted by atomic mass is 9.76. The minimum Gasteiger partial charge on any atom is -0.477 e. The van der Waals surface area contributed by atoms with Gasteiger partial charge in [-0.25, -0.2) is 13.6 Å². The third kappa shape index (κ3) is 8.01. The van der Waals surface area contributed by atoms with Crippen molar-refractivity contribution in [3.63, 3.8) is 0 Å². The predicted molar refractivity (Wildman–Crippen MR) is 180 cm³/mol. The van der Waals surface area contributed by atoms with E-state index < -0.39 is 22.6 Å². The van der Waals surface area contributed by atoms with E-state index in [1.807, 2.05) is 12.1 Å². The number of benzene rings is 2. The number of halogens is 3. The summed E-state index contributed by atoms with van der Waals surface area (Å²) in [6, 6.07) is 12.0. The second-order valence-corrected chi connectivity index (χ2v) is 15.4. The molecule has 2 saturated heterocycles. The van der Waals surface area contributed by atoms with Crippen molar-refractivity contribution in [3.05, 3.63) is 46.8 Å². The van der Waals surface area contributed by atoms with Gasteiger partial charge < -0.3 is 25.0 Å². The largest absolute Gasteiger partial charge is 0.477 e. The van der Waals surface area contributed by atoms with Gasteiger partial charge in [0.15, 0.2) is 6.61 Å². The highest BCUT2D eigenvalue weighted by Crippen LogP contribution is 2.42. The number of thiophene rings is 1. The summed E-state index contributed by atoms with van der Waals surface area (Å²) < 4.78 is 76.4. The van der Waals surface area contributed by atoms with Crippen LogP contribution in [0.1, 0.15) is 49.0 Å². The molecular weight excluding hydrogens is 664 g/mol. The van der Waals surface area contributed by atoms with Gasteiger partial charge in [-0.15, -0.1) is 11.3 Å². The molecule has 1 spiro atoms. The number of rotatable bonds is 9. The lowest BCUT2D eigenvalue weighted by Gasteiger charge is -2.49. The lowest BCUT2D eigenvalue weighted by molar-refractivity contribution is -0.143. The maximum absolute atomic E-state index is 13.8. The van der Waals surface area contributed by atoms with Gasteiger partial charge in [0.2, 0.25) is 10.0 Å². The fourth-order valence-electron chi connectivity index (χ4n) is 6.93. The van der Waals surface area contributed by atoms with Crippen molar-refractivity contribution >= 4 is 42.8 Å². The summed E-state index contributed by atoms with van der Waals surface area (Å²) in [6.45, 7) is 3.76. The van der Waals surface area contributed by atoms with Crippen molar-refractivity contribution in [2.24, 2.45) is 10.6 Å². The second kappa shape index (κ2) is 14.1. The number of likely N-dealkylation sites (tertiary alicyclic amines) is 1. The molecular formula is C34H38F3N5O4S2. The zero-order valence-electron chi connectivity index (χ0n) is 26.4. The summed E-state index contributed by atoms with van der Waals surface area (Å²) in [5.41, 5.74) is 1.75.